The van der Waals surface area contributed by atoms with Crippen LogP contribution in [0.3, 0.4) is 0 Å². The van der Waals surface area contributed by atoms with Crippen molar-refractivity contribution in [1.29, 1.82) is 0 Å². The third kappa shape index (κ3) is 6.96. The van der Waals surface area contributed by atoms with Gasteiger partial charge in [0.05, 0.1) is 22.5 Å². The van der Waals surface area contributed by atoms with Crippen molar-refractivity contribution >= 4 is 17.5 Å². The highest BCUT2D eigenvalue weighted by molar-refractivity contribution is 6.26. The summed E-state index contributed by atoms with van der Waals surface area (Å²) < 4.78 is 6.17. The molecule has 2 aliphatic rings. The Hall–Kier alpha value is -3.77. The number of aromatic nitrogens is 2. The molecule has 1 fully saturated rings. The van der Waals surface area contributed by atoms with E-state index in [9.17, 15) is 9.59 Å². The van der Waals surface area contributed by atoms with Crippen LogP contribution in [0.1, 0.15) is 42.3 Å². The van der Waals surface area contributed by atoms with Gasteiger partial charge in [0.2, 0.25) is 0 Å². The number of benzene rings is 2. The molecule has 2 amide bonds. The lowest BCUT2D eigenvalue weighted by atomic mass is 10.0. The number of carbonyl (C=O) groups is 2. The molecule has 11 nitrogen and oxygen atoms in total. The number of amides is 2. The zero-order valence-corrected chi connectivity index (χ0v) is 26.9. The number of rotatable bonds is 12. The third-order valence-corrected chi connectivity index (χ3v) is 8.78. The molecule has 0 saturated carbocycles. The number of hydrogen-bond donors (Lipinski definition) is 3. The van der Waals surface area contributed by atoms with Gasteiger partial charge in [-0.15, -0.1) is 0 Å². The molecule has 2 heterocycles. The summed E-state index contributed by atoms with van der Waals surface area (Å²) in [5.41, 5.74) is 8.18. The summed E-state index contributed by atoms with van der Waals surface area (Å²) in [6.45, 7) is 16.3. The number of nitrogens with zero attached hydrogens (tertiary/aromatic N) is 5. The van der Waals surface area contributed by atoms with Crippen molar-refractivity contribution in [3.8, 4) is 28.3 Å². The van der Waals surface area contributed by atoms with E-state index in [0.29, 0.717) is 46.4 Å². The first-order valence-corrected chi connectivity index (χ1v) is 15.6. The van der Waals surface area contributed by atoms with E-state index in [2.05, 4.69) is 70.5 Å². The molecule has 1 aliphatic heterocycles. The number of nitrogens with one attached hydrogen (secondary N) is 3. The molecule has 0 spiro atoms. The lowest BCUT2D eigenvalue weighted by Gasteiger charge is -2.32. The maximum absolute atomic E-state index is 13.8. The van der Waals surface area contributed by atoms with E-state index in [-0.39, 0.29) is 11.8 Å². The minimum atomic E-state index is -0.363. The summed E-state index contributed by atoms with van der Waals surface area (Å²) >= 11 is 0. The van der Waals surface area contributed by atoms with E-state index in [1.54, 1.807) is 6.07 Å². The van der Waals surface area contributed by atoms with Crippen LogP contribution in [0.15, 0.2) is 36.4 Å². The molecule has 1 aliphatic carbocycles. The molecule has 44 heavy (non-hydrogen) atoms. The van der Waals surface area contributed by atoms with Gasteiger partial charge in [0.25, 0.3) is 0 Å². The van der Waals surface area contributed by atoms with Gasteiger partial charge >= 0.3 is 6.03 Å². The van der Waals surface area contributed by atoms with Crippen molar-refractivity contribution in [2.24, 2.45) is 0 Å². The first kappa shape index (κ1) is 31.6. The molecule has 3 N–H and O–H groups in total. The number of likely N-dealkylation sites (N-methyl/N-ethyl adjacent to an activating group) is 3. The first-order valence-electron chi connectivity index (χ1n) is 15.6. The summed E-state index contributed by atoms with van der Waals surface area (Å²) in [6, 6.07) is 11.6. The molecule has 2 aromatic carbocycles. The van der Waals surface area contributed by atoms with Crippen LogP contribution >= 0.6 is 0 Å². The van der Waals surface area contributed by atoms with Crippen LogP contribution in [0.25, 0.3) is 22.5 Å². The van der Waals surface area contributed by atoms with Gasteiger partial charge in [0, 0.05) is 63.0 Å². The fourth-order valence-corrected chi connectivity index (χ4v) is 5.64. The van der Waals surface area contributed by atoms with Gasteiger partial charge in [-0.3, -0.25) is 20.2 Å². The van der Waals surface area contributed by atoms with E-state index in [1.807, 2.05) is 42.3 Å². The Kier molecular flexibility index (Phi) is 10.00. The molecular formula is C33H46N8O3. The molecule has 0 unspecified atom stereocenters. The number of aryl methyl sites for hydroxylation is 1. The molecule has 236 valence electrons. The smallest absolute Gasteiger partial charge is 0.333 e. The fraction of sp³-hybridized carbons (Fsp3) is 0.485. The summed E-state index contributed by atoms with van der Waals surface area (Å²) in [6.07, 6.45) is 0. The summed E-state index contributed by atoms with van der Waals surface area (Å²) in [5.74, 6) is 0.669. The van der Waals surface area contributed by atoms with E-state index >= 15 is 0 Å². The number of piperazine rings is 1. The van der Waals surface area contributed by atoms with Crippen molar-refractivity contribution < 1.29 is 14.3 Å². The quantitative estimate of drug-likeness (QED) is 0.224. The minimum absolute atomic E-state index is 0.157. The predicted molar refractivity (Wildman–Crippen MR) is 174 cm³/mol. The normalized spacial score (nSPS) is 15.2. The van der Waals surface area contributed by atoms with Gasteiger partial charge in [-0.1, -0.05) is 19.1 Å². The highest BCUT2D eigenvalue weighted by Gasteiger charge is 2.35. The topological polar surface area (TPSA) is 109 Å². The molecule has 1 saturated heterocycles. The van der Waals surface area contributed by atoms with E-state index in [4.69, 9.17) is 4.74 Å². The van der Waals surface area contributed by atoms with Crippen LogP contribution in [0.4, 0.5) is 10.5 Å². The Labute approximate surface area is 260 Å². The van der Waals surface area contributed by atoms with Gasteiger partial charge < -0.3 is 19.9 Å². The largest absolute Gasteiger partial charge is 0.492 e. The van der Waals surface area contributed by atoms with E-state index < -0.39 is 0 Å². The van der Waals surface area contributed by atoms with Gasteiger partial charge in [-0.25, -0.2) is 9.80 Å². The molecule has 0 radical (unpaired) electrons. The van der Waals surface area contributed by atoms with Gasteiger partial charge in [0.1, 0.15) is 18.1 Å². The monoisotopic (exact) mass is 602 g/mol. The van der Waals surface area contributed by atoms with Crippen LogP contribution in [-0.4, -0.2) is 121 Å². The Balaban J connectivity index is 1.24. The molecule has 11 heteroatoms. The first-order chi connectivity index (χ1) is 21.2. The summed E-state index contributed by atoms with van der Waals surface area (Å²) in [5, 5.41) is 12.4. The molecule has 0 bridgehead atoms. The number of anilines is 1. The number of aromatic amines is 1. The number of H-pyrrole nitrogens is 1. The van der Waals surface area contributed by atoms with Crippen molar-refractivity contribution in [2.75, 3.05) is 78.4 Å². The van der Waals surface area contributed by atoms with Crippen molar-refractivity contribution in [3.63, 3.8) is 0 Å². The Morgan fingerprint density at radius 2 is 1.86 bits per heavy atom. The zero-order valence-electron chi connectivity index (χ0n) is 26.9. The average molecular weight is 603 g/mol. The van der Waals surface area contributed by atoms with Crippen LogP contribution in [0.2, 0.25) is 0 Å². The van der Waals surface area contributed by atoms with Crippen LogP contribution < -0.4 is 15.5 Å². The standard InChI is InChI=1S/C33H46N8O3/c1-7-40(16-15-39(6)22(2)3)19-20-44-27-12-11-24(21-23(27)4)30-29-31(36-35-30)25-9-8-10-26(28(25)32(29)42)34-33(43)37-41-17-13-38(5)14-18-41/h8-12,21-22H,7,13-20H2,1-6H3,(H,35,36)(H2,34,37,43). The van der Waals surface area contributed by atoms with Crippen LogP contribution in [0, 0.1) is 6.92 Å². The van der Waals surface area contributed by atoms with Gasteiger partial charge in [0.15, 0.2) is 5.78 Å². The summed E-state index contributed by atoms with van der Waals surface area (Å²) in [4.78, 5) is 33.6. The molecule has 1 aromatic heterocycles. The highest BCUT2D eigenvalue weighted by atomic mass is 16.5. The fourth-order valence-electron chi connectivity index (χ4n) is 5.64. The lowest BCUT2D eigenvalue weighted by Crippen LogP contribution is -2.53. The SMILES string of the molecule is CCN(CCOc1ccc(-c2[nH]nc3c2C(=O)c2c(NC(=O)NN4CCN(C)CC4)cccc2-3)cc1C)CCN(C)C(C)C. The number of hydrazine groups is 1. The van der Waals surface area contributed by atoms with Crippen LogP contribution in [0.5, 0.6) is 5.75 Å². The average Bonchev–Trinajstić information content (AvgIpc) is 3.56. The number of hydrogen-bond acceptors (Lipinski definition) is 8. The second-order valence-corrected chi connectivity index (χ2v) is 12.1. The van der Waals surface area contributed by atoms with E-state index in [1.165, 1.54) is 0 Å². The number of carbonyl (C=O) groups excluding carboxylic acids is 2. The van der Waals surface area contributed by atoms with Crippen molar-refractivity contribution in [2.45, 2.75) is 33.7 Å². The third-order valence-electron chi connectivity index (χ3n) is 8.78. The minimum Gasteiger partial charge on any atom is -0.492 e. The molecular weight excluding hydrogens is 556 g/mol. The number of urea groups is 1. The second-order valence-electron chi connectivity index (χ2n) is 12.1. The maximum atomic E-state index is 13.8. The molecule has 3 aromatic rings. The summed E-state index contributed by atoms with van der Waals surface area (Å²) in [7, 11) is 4.22. The Morgan fingerprint density at radius 3 is 2.57 bits per heavy atom. The number of ketones is 1. The van der Waals surface area contributed by atoms with Gasteiger partial charge in [-0.05, 0) is 71.2 Å². The highest BCUT2D eigenvalue weighted by Crippen LogP contribution is 2.43. The van der Waals surface area contributed by atoms with E-state index in [0.717, 1.165) is 69.2 Å². The Bertz CT molecular complexity index is 1480. The maximum Gasteiger partial charge on any atom is 0.333 e. The number of fused-ring (bicyclic) bond motifs is 3. The lowest BCUT2D eigenvalue weighted by molar-refractivity contribution is 0.104. The van der Waals surface area contributed by atoms with Crippen molar-refractivity contribution in [1.82, 2.24) is 35.3 Å². The van der Waals surface area contributed by atoms with Gasteiger partial charge in [-0.2, -0.15) is 5.10 Å². The predicted octanol–water partition coefficient (Wildman–Crippen LogP) is 3.92. The molecule has 5 rings (SSSR count). The number of ether oxygens (including phenoxy) is 1. The van der Waals surface area contributed by atoms with Crippen molar-refractivity contribution in [3.05, 3.63) is 53.1 Å². The Morgan fingerprint density at radius 1 is 1.09 bits per heavy atom. The van der Waals surface area contributed by atoms with Crippen LogP contribution in [-0.2, 0) is 0 Å². The molecule has 0 atom stereocenters. The second kappa shape index (κ2) is 13.9. The zero-order chi connectivity index (χ0) is 31.4.